The molecule has 0 spiro atoms. The van der Waals surface area contributed by atoms with E-state index in [0.717, 1.165) is 63.2 Å². The molecule has 1 aromatic rings. The summed E-state index contributed by atoms with van der Waals surface area (Å²) in [5.41, 5.74) is 1.57. The van der Waals surface area contributed by atoms with Crippen LogP contribution >= 0.6 is 0 Å². The second-order valence-electron chi connectivity index (χ2n) is 7.09. The molecular formula is C18H27FN2O. The summed E-state index contributed by atoms with van der Waals surface area (Å²) in [4.78, 5) is 4.71. The maximum atomic E-state index is 13.2. The van der Waals surface area contributed by atoms with Gasteiger partial charge in [-0.05, 0) is 75.5 Å². The van der Waals surface area contributed by atoms with Crippen LogP contribution in [0.2, 0.25) is 0 Å². The third kappa shape index (κ3) is 3.86. The smallest absolute Gasteiger partial charge is 0.123 e. The maximum absolute atomic E-state index is 13.2. The third-order valence-corrected chi connectivity index (χ3v) is 5.05. The van der Waals surface area contributed by atoms with E-state index in [-0.39, 0.29) is 5.82 Å². The van der Waals surface area contributed by atoms with E-state index in [9.17, 15) is 9.50 Å². The Morgan fingerprint density at radius 2 is 1.86 bits per heavy atom. The molecule has 0 aliphatic carbocycles. The number of aliphatic hydroxyl groups is 1. The van der Waals surface area contributed by atoms with Gasteiger partial charge >= 0.3 is 0 Å². The SMILES string of the molecule is Cc1cc(F)ccc1CN1CCC[C@](O)(CN2CCCC2)C1. The zero-order chi connectivity index (χ0) is 15.6. The van der Waals surface area contributed by atoms with Gasteiger partial charge in [0, 0.05) is 19.6 Å². The van der Waals surface area contributed by atoms with E-state index in [4.69, 9.17) is 0 Å². The molecular weight excluding hydrogens is 279 g/mol. The molecule has 0 radical (unpaired) electrons. The first-order valence-corrected chi connectivity index (χ1v) is 8.46. The van der Waals surface area contributed by atoms with E-state index in [2.05, 4.69) is 9.80 Å². The van der Waals surface area contributed by atoms with Crippen LogP contribution in [0.4, 0.5) is 4.39 Å². The second-order valence-corrected chi connectivity index (χ2v) is 7.09. The molecule has 2 fully saturated rings. The van der Waals surface area contributed by atoms with Gasteiger partial charge < -0.3 is 10.0 Å². The molecule has 3 rings (SSSR count). The molecule has 1 atom stereocenters. The number of piperidine rings is 1. The monoisotopic (exact) mass is 306 g/mol. The minimum atomic E-state index is -0.587. The first kappa shape index (κ1) is 15.9. The summed E-state index contributed by atoms with van der Waals surface area (Å²) in [5, 5.41) is 11.0. The summed E-state index contributed by atoms with van der Waals surface area (Å²) in [6.07, 6.45) is 4.44. The summed E-state index contributed by atoms with van der Waals surface area (Å²) in [6, 6.07) is 5.00. The minimum absolute atomic E-state index is 0.176. The van der Waals surface area contributed by atoms with Crippen LogP contribution in [-0.2, 0) is 6.54 Å². The lowest BCUT2D eigenvalue weighted by atomic mass is 9.91. The average Bonchev–Trinajstić information content (AvgIpc) is 2.94. The summed E-state index contributed by atoms with van der Waals surface area (Å²) in [5.74, 6) is -0.176. The molecule has 0 bridgehead atoms. The number of aryl methyl sites for hydroxylation is 1. The van der Waals surface area contributed by atoms with Gasteiger partial charge in [0.05, 0.1) is 5.60 Å². The van der Waals surface area contributed by atoms with Crippen molar-refractivity contribution in [2.75, 3.05) is 32.7 Å². The Labute approximate surface area is 132 Å². The number of rotatable bonds is 4. The van der Waals surface area contributed by atoms with Gasteiger partial charge in [-0.3, -0.25) is 4.90 Å². The van der Waals surface area contributed by atoms with Crippen molar-refractivity contribution in [1.82, 2.24) is 9.80 Å². The normalized spacial score (nSPS) is 27.4. The number of nitrogens with zero attached hydrogens (tertiary/aromatic N) is 2. The third-order valence-electron chi connectivity index (χ3n) is 5.05. The molecule has 4 heteroatoms. The fraction of sp³-hybridized carbons (Fsp3) is 0.667. The van der Waals surface area contributed by atoms with Crippen LogP contribution in [0.5, 0.6) is 0 Å². The number of likely N-dealkylation sites (tertiary alicyclic amines) is 2. The van der Waals surface area contributed by atoms with Crippen molar-refractivity contribution < 1.29 is 9.50 Å². The Bertz CT molecular complexity index is 516. The van der Waals surface area contributed by atoms with Crippen LogP contribution in [0.25, 0.3) is 0 Å². The van der Waals surface area contributed by atoms with E-state index in [1.807, 2.05) is 13.0 Å². The highest BCUT2D eigenvalue weighted by molar-refractivity contribution is 5.26. The van der Waals surface area contributed by atoms with Crippen LogP contribution in [0.15, 0.2) is 18.2 Å². The Balaban J connectivity index is 1.62. The topological polar surface area (TPSA) is 26.7 Å². The highest BCUT2D eigenvalue weighted by atomic mass is 19.1. The molecule has 122 valence electrons. The predicted octanol–water partition coefficient (Wildman–Crippen LogP) is 2.56. The van der Waals surface area contributed by atoms with Crippen molar-refractivity contribution in [3.8, 4) is 0 Å². The van der Waals surface area contributed by atoms with Crippen molar-refractivity contribution in [3.63, 3.8) is 0 Å². The molecule has 0 aromatic heterocycles. The average molecular weight is 306 g/mol. The Morgan fingerprint density at radius 1 is 1.14 bits per heavy atom. The minimum Gasteiger partial charge on any atom is -0.387 e. The molecule has 2 aliphatic heterocycles. The molecule has 0 saturated carbocycles. The van der Waals surface area contributed by atoms with E-state index >= 15 is 0 Å². The molecule has 2 heterocycles. The highest BCUT2D eigenvalue weighted by Crippen LogP contribution is 2.25. The quantitative estimate of drug-likeness (QED) is 0.926. The summed E-state index contributed by atoms with van der Waals surface area (Å²) >= 11 is 0. The van der Waals surface area contributed by atoms with Crippen molar-refractivity contribution >= 4 is 0 Å². The lowest BCUT2D eigenvalue weighted by molar-refractivity contribution is -0.0519. The first-order valence-electron chi connectivity index (χ1n) is 8.46. The van der Waals surface area contributed by atoms with Crippen molar-refractivity contribution in [2.24, 2.45) is 0 Å². The molecule has 2 aliphatic rings. The Morgan fingerprint density at radius 3 is 2.59 bits per heavy atom. The van der Waals surface area contributed by atoms with Crippen LogP contribution in [0, 0.1) is 12.7 Å². The Hall–Kier alpha value is -0.970. The van der Waals surface area contributed by atoms with E-state index in [1.54, 1.807) is 6.07 Å². The lowest BCUT2D eigenvalue weighted by Gasteiger charge is -2.41. The van der Waals surface area contributed by atoms with Crippen molar-refractivity contribution in [1.29, 1.82) is 0 Å². The molecule has 22 heavy (non-hydrogen) atoms. The van der Waals surface area contributed by atoms with E-state index < -0.39 is 5.60 Å². The van der Waals surface area contributed by atoms with Gasteiger partial charge in [-0.15, -0.1) is 0 Å². The molecule has 3 nitrogen and oxygen atoms in total. The number of halogens is 1. The maximum Gasteiger partial charge on any atom is 0.123 e. The van der Waals surface area contributed by atoms with Crippen LogP contribution in [0.3, 0.4) is 0 Å². The van der Waals surface area contributed by atoms with Gasteiger partial charge in [0.25, 0.3) is 0 Å². The van der Waals surface area contributed by atoms with Crippen LogP contribution in [0.1, 0.15) is 36.8 Å². The summed E-state index contributed by atoms with van der Waals surface area (Å²) in [7, 11) is 0. The van der Waals surface area contributed by atoms with E-state index in [0.29, 0.717) is 0 Å². The van der Waals surface area contributed by atoms with Gasteiger partial charge in [0.1, 0.15) is 5.82 Å². The molecule has 1 N–H and O–H groups in total. The first-order chi connectivity index (χ1) is 10.5. The molecule has 2 saturated heterocycles. The predicted molar refractivity (Wildman–Crippen MR) is 86.3 cm³/mol. The van der Waals surface area contributed by atoms with Gasteiger partial charge in [0.2, 0.25) is 0 Å². The number of hydrogen-bond donors (Lipinski definition) is 1. The van der Waals surface area contributed by atoms with Gasteiger partial charge in [0.15, 0.2) is 0 Å². The Kier molecular flexibility index (Phi) is 4.81. The summed E-state index contributed by atoms with van der Waals surface area (Å²) < 4.78 is 13.2. The van der Waals surface area contributed by atoms with E-state index in [1.165, 1.54) is 18.9 Å². The number of β-amino-alcohol motifs (C(OH)–C–C–N with tert-alkyl or cyclic N) is 1. The second kappa shape index (κ2) is 6.65. The standard InChI is InChI=1S/C18H27FN2O/c1-15-11-17(19)6-5-16(15)12-21-10-4-7-18(22,14-21)13-20-8-2-3-9-20/h5-6,11,22H,2-4,7-10,12-14H2,1H3/t18-/m0/s1. The fourth-order valence-electron chi connectivity index (χ4n) is 3.90. The van der Waals surface area contributed by atoms with Crippen molar-refractivity contribution in [2.45, 2.75) is 44.8 Å². The molecule has 0 unspecified atom stereocenters. The van der Waals surface area contributed by atoms with Gasteiger partial charge in [-0.1, -0.05) is 6.07 Å². The number of benzene rings is 1. The van der Waals surface area contributed by atoms with Crippen LogP contribution < -0.4 is 0 Å². The zero-order valence-electron chi connectivity index (χ0n) is 13.5. The molecule has 1 aromatic carbocycles. The van der Waals surface area contributed by atoms with Crippen molar-refractivity contribution in [3.05, 3.63) is 35.1 Å². The fourth-order valence-corrected chi connectivity index (χ4v) is 3.90. The lowest BCUT2D eigenvalue weighted by Crippen LogP contribution is -2.53. The largest absolute Gasteiger partial charge is 0.387 e. The zero-order valence-corrected chi connectivity index (χ0v) is 13.5. The van der Waals surface area contributed by atoms with Crippen LogP contribution in [-0.4, -0.2) is 53.2 Å². The molecule has 0 amide bonds. The summed E-state index contributed by atoms with van der Waals surface area (Å²) in [6.45, 7) is 7.54. The number of hydrogen-bond acceptors (Lipinski definition) is 3. The highest BCUT2D eigenvalue weighted by Gasteiger charge is 2.35. The van der Waals surface area contributed by atoms with Gasteiger partial charge in [-0.2, -0.15) is 0 Å². The van der Waals surface area contributed by atoms with Gasteiger partial charge in [-0.25, -0.2) is 4.39 Å².